The van der Waals surface area contributed by atoms with Crippen LogP contribution < -0.4 is 5.73 Å². The van der Waals surface area contributed by atoms with Crippen molar-refractivity contribution in [3.05, 3.63) is 53.5 Å². The first-order chi connectivity index (χ1) is 15.7. The van der Waals surface area contributed by atoms with E-state index in [2.05, 4.69) is 21.5 Å². The fraction of sp³-hybridized carbons (Fsp3) is 0.435. The third kappa shape index (κ3) is 3.47. The molecule has 4 heterocycles. The highest BCUT2D eigenvalue weighted by atomic mass is 35.5. The molecule has 33 heavy (non-hydrogen) atoms. The highest BCUT2D eigenvalue weighted by Gasteiger charge is 2.57. The Morgan fingerprint density at radius 3 is 2.82 bits per heavy atom. The minimum Gasteiger partial charge on any atom is -0.390 e. The molecule has 0 radical (unpaired) electrons. The van der Waals surface area contributed by atoms with Gasteiger partial charge in [0.15, 0.2) is 0 Å². The molecule has 1 saturated heterocycles. The number of rotatable bonds is 4. The second-order valence-corrected chi connectivity index (χ2v) is 9.52. The molecular weight excluding hydrogens is 444 g/mol. The molecule has 10 heteroatoms. The van der Waals surface area contributed by atoms with Crippen LogP contribution in [0.4, 0.5) is 5.82 Å². The van der Waals surface area contributed by atoms with Gasteiger partial charge < -0.3 is 29.8 Å². The van der Waals surface area contributed by atoms with Gasteiger partial charge in [0, 0.05) is 29.7 Å². The highest BCUT2D eigenvalue weighted by molar-refractivity contribution is 6.33. The molecule has 4 N–H and O–H groups in total. The van der Waals surface area contributed by atoms with Crippen molar-refractivity contribution in [2.45, 2.75) is 51.0 Å². The van der Waals surface area contributed by atoms with Crippen molar-refractivity contribution in [2.75, 3.05) is 12.3 Å². The van der Waals surface area contributed by atoms with Crippen molar-refractivity contribution in [3.8, 4) is 0 Å². The van der Waals surface area contributed by atoms with Gasteiger partial charge in [-0.1, -0.05) is 18.2 Å². The quantitative estimate of drug-likeness (QED) is 0.500. The topological polar surface area (TPSA) is 124 Å². The summed E-state index contributed by atoms with van der Waals surface area (Å²) in [5.41, 5.74) is 7.57. The van der Waals surface area contributed by atoms with Gasteiger partial charge in [-0.3, -0.25) is 0 Å². The average Bonchev–Trinajstić information content (AvgIpc) is 3.54. The van der Waals surface area contributed by atoms with Crippen LogP contribution in [0.2, 0.25) is 0 Å². The lowest BCUT2D eigenvalue weighted by molar-refractivity contribution is -0.0306. The zero-order valence-electron chi connectivity index (χ0n) is 18.5. The van der Waals surface area contributed by atoms with Crippen molar-refractivity contribution >= 4 is 34.7 Å². The van der Waals surface area contributed by atoms with Crippen LogP contribution in [0.5, 0.6) is 0 Å². The first-order valence-corrected chi connectivity index (χ1v) is 11.2. The van der Waals surface area contributed by atoms with Crippen LogP contribution in [-0.2, 0) is 4.74 Å². The first kappa shape index (κ1) is 22.1. The maximum absolute atomic E-state index is 11.1. The summed E-state index contributed by atoms with van der Waals surface area (Å²) in [7, 11) is 0. The van der Waals surface area contributed by atoms with E-state index in [9.17, 15) is 10.2 Å². The molecule has 0 amide bonds. The van der Waals surface area contributed by atoms with E-state index in [-0.39, 0.29) is 12.1 Å². The van der Waals surface area contributed by atoms with Crippen LogP contribution in [0, 0.1) is 19.3 Å². The summed E-state index contributed by atoms with van der Waals surface area (Å²) in [6.45, 7) is 8.31. The molecule has 3 aromatic heterocycles. The van der Waals surface area contributed by atoms with Crippen molar-refractivity contribution in [1.82, 2.24) is 24.1 Å². The number of halogens is 1. The fourth-order valence-electron chi connectivity index (χ4n) is 5.19. The fourth-order valence-corrected chi connectivity index (χ4v) is 5.41. The Labute approximate surface area is 196 Å². The van der Waals surface area contributed by atoms with Gasteiger partial charge in [-0.05, 0) is 38.3 Å². The summed E-state index contributed by atoms with van der Waals surface area (Å²) in [5.74, 6) is 1.20. The summed E-state index contributed by atoms with van der Waals surface area (Å²) < 4.78 is 9.84. The van der Waals surface area contributed by atoms with Crippen LogP contribution in [-0.4, -0.2) is 59.2 Å². The number of nitrogen functional groups attached to an aromatic ring is 1. The standard InChI is InChI=1S/C23H27ClN6O3/c1-12-8-26-14(3)30(12)9-16(24)13(2)18-7-23(10-33-18)6-17(19(31)20(23)32)29-5-4-15-21(25)27-11-28-22(15)29/h4-5,8-9,11,17-20,31-32H,2,6-7,10H2,1,3H3,(H2,25,27,28)/b16-9+/t17-,18-,19+,20+,23-/m1/s1. The maximum Gasteiger partial charge on any atom is 0.145 e. The van der Waals surface area contributed by atoms with Crippen molar-refractivity contribution in [3.63, 3.8) is 0 Å². The summed E-state index contributed by atoms with van der Waals surface area (Å²) in [6, 6.07) is 1.46. The number of imidazole rings is 1. The van der Waals surface area contributed by atoms with Crippen LogP contribution >= 0.6 is 11.6 Å². The van der Waals surface area contributed by atoms with Gasteiger partial charge in [0.2, 0.25) is 0 Å². The minimum atomic E-state index is -0.977. The molecule has 1 aliphatic heterocycles. The number of aryl methyl sites for hydroxylation is 2. The van der Waals surface area contributed by atoms with E-state index in [1.54, 1.807) is 12.4 Å². The monoisotopic (exact) mass is 470 g/mol. The van der Waals surface area contributed by atoms with Crippen LogP contribution in [0.3, 0.4) is 0 Å². The Hall–Kier alpha value is -2.72. The second kappa shape index (κ2) is 7.95. The Morgan fingerprint density at radius 1 is 1.30 bits per heavy atom. The molecule has 5 atom stereocenters. The summed E-state index contributed by atoms with van der Waals surface area (Å²) in [6.07, 6.45) is 5.52. The number of nitrogens with zero attached hydrogens (tertiary/aromatic N) is 5. The first-order valence-electron chi connectivity index (χ1n) is 10.8. The Kier molecular flexibility index (Phi) is 5.32. The van der Waals surface area contributed by atoms with Gasteiger partial charge in [-0.2, -0.15) is 0 Å². The zero-order chi connectivity index (χ0) is 23.5. The van der Waals surface area contributed by atoms with Crippen LogP contribution in [0.15, 0.2) is 42.0 Å². The van der Waals surface area contributed by atoms with Crippen molar-refractivity contribution < 1.29 is 14.9 Å². The Balaban J connectivity index is 1.38. The number of anilines is 1. The number of aromatic nitrogens is 5. The molecule has 5 rings (SSSR count). The molecule has 174 valence electrons. The van der Waals surface area contributed by atoms with E-state index in [0.717, 1.165) is 16.9 Å². The van der Waals surface area contributed by atoms with Gasteiger partial charge in [-0.25, -0.2) is 15.0 Å². The Bertz CT molecular complexity index is 1250. The van der Waals surface area contributed by atoms with Gasteiger partial charge in [0.1, 0.15) is 29.7 Å². The zero-order valence-corrected chi connectivity index (χ0v) is 19.3. The number of fused-ring (bicyclic) bond motifs is 1. The van der Waals surface area contributed by atoms with Crippen molar-refractivity contribution in [1.29, 1.82) is 0 Å². The largest absolute Gasteiger partial charge is 0.390 e. The molecule has 0 unspecified atom stereocenters. The van der Waals surface area contributed by atoms with Gasteiger partial charge in [0.05, 0.1) is 35.3 Å². The molecule has 0 bridgehead atoms. The average molecular weight is 471 g/mol. The normalized spacial score (nSPS) is 30.0. The summed E-state index contributed by atoms with van der Waals surface area (Å²) in [4.78, 5) is 12.6. The number of nitrogens with two attached hydrogens (primary N) is 1. The number of ether oxygens (including phenoxy) is 1. The summed E-state index contributed by atoms with van der Waals surface area (Å²) in [5, 5.41) is 23.2. The molecule has 1 aliphatic carbocycles. The SMILES string of the molecule is C=C(/C(Cl)=C\n1c(C)cnc1C)[C@H]1C[C@@]2(CO1)C[C@@H](n1ccc3c(N)ncnc31)[C@H](O)[C@@H]2O. The third-order valence-electron chi connectivity index (χ3n) is 7.13. The van der Waals surface area contributed by atoms with E-state index in [4.69, 9.17) is 22.1 Å². The van der Waals surface area contributed by atoms with Gasteiger partial charge >= 0.3 is 0 Å². The number of aliphatic hydroxyl groups is 2. The molecule has 2 fully saturated rings. The van der Waals surface area contributed by atoms with Gasteiger partial charge in [0.25, 0.3) is 0 Å². The summed E-state index contributed by atoms with van der Waals surface area (Å²) >= 11 is 6.59. The molecule has 2 aliphatic rings. The molecule has 1 spiro atoms. The van der Waals surface area contributed by atoms with Crippen molar-refractivity contribution in [2.24, 2.45) is 5.41 Å². The van der Waals surface area contributed by atoms with E-state index in [1.807, 2.05) is 35.2 Å². The van der Waals surface area contributed by atoms with E-state index < -0.39 is 17.6 Å². The third-order valence-corrected chi connectivity index (χ3v) is 7.47. The smallest absolute Gasteiger partial charge is 0.145 e. The van der Waals surface area contributed by atoms with E-state index in [0.29, 0.717) is 41.5 Å². The predicted octanol–water partition coefficient (Wildman–Crippen LogP) is 2.56. The molecule has 9 nitrogen and oxygen atoms in total. The maximum atomic E-state index is 11.1. The van der Waals surface area contributed by atoms with E-state index in [1.165, 1.54) is 6.33 Å². The lowest BCUT2D eigenvalue weighted by Gasteiger charge is -2.26. The number of hydrogen-bond donors (Lipinski definition) is 3. The second-order valence-electron chi connectivity index (χ2n) is 9.11. The lowest BCUT2D eigenvalue weighted by atomic mass is 9.80. The molecule has 0 aromatic carbocycles. The lowest BCUT2D eigenvalue weighted by Crippen LogP contribution is -2.37. The van der Waals surface area contributed by atoms with E-state index >= 15 is 0 Å². The molecule has 1 saturated carbocycles. The van der Waals surface area contributed by atoms with Crippen LogP contribution in [0.1, 0.15) is 30.4 Å². The Morgan fingerprint density at radius 2 is 2.09 bits per heavy atom. The predicted molar refractivity (Wildman–Crippen MR) is 125 cm³/mol. The molecule has 3 aromatic rings. The number of hydrogen-bond acceptors (Lipinski definition) is 7. The molecular formula is C23H27ClN6O3. The van der Waals surface area contributed by atoms with Gasteiger partial charge in [-0.15, -0.1) is 0 Å². The van der Waals surface area contributed by atoms with Crippen LogP contribution in [0.25, 0.3) is 17.2 Å². The minimum absolute atomic E-state index is 0.301. The number of aliphatic hydroxyl groups excluding tert-OH is 2. The highest BCUT2D eigenvalue weighted by Crippen LogP contribution is 2.53.